The van der Waals surface area contributed by atoms with Crippen LogP contribution >= 0.6 is 0 Å². The third kappa shape index (κ3) is 2.82. The molecule has 0 bridgehead atoms. The molecule has 1 fully saturated rings. The summed E-state index contributed by atoms with van der Waals surface area (Å²) in [6.07, 6.45) is 2.42. The van der Waals surface area contributed by atoms with Crippen LogP contribution in [0.15, 0.2) is 18.2 Å². The molecule has 2 unspecified atom stereocenters. The summed E-state index contributed by atoms with van der Waals surface area (Å²) in [5.74, 6) is -0.376. The molecule has 0 saturated carbocycles. The molecule has 0 aromatic heterocycles. The van der Waals surface area contributed by atoms with Crippen LogP contribution in [-0.4, -0.2) is 36.3 Å². The Balaban J connectivity index is 2.12. The van der Waals surface area contributed by atoms with Crippen LogP contribution in [-0.2, 0) is 4.74 Å². The van der Waals surface area contributed by atoms with Gasteiger partial charge in [-0.25, -0.2) is 4.39 Å². The van der Waals surface area contributed by atoms with Gasteiger partial charge < -0.3 is 9.84 Å². The molecule has 1 aliphatic rings. The van der Waals surface area contributed by atoms with Crippen LogP contribution in [0.5, 0.6) is 5.75 Å². The SMILES string of the molecule is COC1CCCN(C(C)c2ccc(F)cc2O)C1. The molecule has 0 amide bonds. The van der Waals surface area contributed by atoms with Crippen molar-refractivity contribution in [2.45, 2.75) is 31.9 Å². The number of nitrogens with zero attached hydrogens (tertiary/aromatic N) is 1. The van der Waals surface area contributed by atoms with Crippen molar-refractivity contribution in [3.63, 3.8) is 0 Å². The number of phenolic OH excluding ortho intramolecular Hbond substituents is 1. The molecule has 1 saturated heterocycles. The van der Waals surface area contributed by atoms with E-state index in [2.05, 4.69) is 4.90 Å². The Labute approximate surface area is 107 Å². The summed E-state index contributed by atoms with van der Waals surface area (Å²) < 4.78 is 18.4. The predicted molar refractivity (Wildman–Crippen MR) is 68.1 cm³/mol. The quantitative estimate of drug-likeness (QED) is 0.899. The Morgan fingerprint density at radius 1 is 1.50 bits per heavy atom. The van der Waals surface area contributed by atoms with Crippen LogP contribution in [0.2, 0.25) is 0 Å². The van der Waals surface area contributed by atoms with Crippen LogP contribution in [0, 0.1) is 5.82 Å². The van der Waals surface area contributed by atoms with Gasteiger partial charge in [-0.15, -0.1) is 0 Å². The molecule has 100 valence electrons. The third-order valence-corrected chi connectivity index (χ3v) is 3.73. The molecule has 1 aromatic rings. The number of ether oxygens (including phenoxy) is 1. The minimum absolute atomic E-state index is 0.0297. The Bertz CT molecular complexity index is 411. The van der Waals surface area contributed by atoms with E-state index in [4.69, 9.17) is 4.74 Å². The molecular weight excluding hydrogens is 233 g/mol. The monoisotopic (exact) mass is 253 g/mol. The van der Waals surface area contributed by atoms with Crippen molar-refractivity contribution in [1.82, 2.24) is 4.90 Å². The number of halogens is 1. The number of aromatic hydroxyl groups is 1. The van der Waals surface area contributed by atoms with Crippen LogP contribution < -0.4 is 0 Å². The summed E-state index contributed by atoms with van der Waals surface area (Å²) in [6, 6.07) is 4.29. The summed E-state index contributed by atoms with van der Waals surface area (Å²) in [6.45, 7) is 3.87. The highest BCUT2D eigenvalue weighted by Gasteiger charge is 2.25. The van der Waals surface area contributed by atoms with Gasteiger partial charge in [0.1, 0.15) is 11.6 Å². The number of hydrogen-bond donors (Lipinski definition) is 1. The Morgan fingerprint density at radius 2 is 2.28 bits per heavy atom. The van der Waals surface area contributed by atoms with Gasteiger partial charge in [-0.1, -0.05) is 6.07 Å². The van der Waals surface area contributed by atoms with Gasteiger partial charge >= 0.3 is 0 Å². The zero-order valence-electron chi connectivity index (χ0n) is 10.9. The van der Waals surface area contributed by atoms with Crippen LogP contribution in [0.4, 0.5) is 4.39 Å². The van der Waals surface area contributed by atoms with Crippen molar-refractivity contribution in [3.8, 4) is 5.75 Å². The molecule has 18 heavy (non-hydrogen) atoms. The molecule has 1 heterocycles. The molecule has 1 aromatic carbocycles. The van der Waals surface area contributed by atoms with Gasteiger partial charge in [-0.05, 0) is 32.4 Å². The lowest BCUT2D eigenvalue weighted by Crippen LogP contribution is -2.40. The highest BCUT2D eigenvalue weighted by atomic mass is 19.1. The maximum absolute atomic E-state index is 13.0. The van der Waals surface area contributed by atoms with Gasteiger partial charge in [0.25, 0.3) is 0 Å². The number of hydrogen-bond acceptors (Lipinski definition) is 3. The van der Waals surface area contributed by atoms with E-state index < -0.39 is 5.82 Å². The molecule has 2 rings (SSSR count). The summed E-state index contributed by atoms with van der Waals surface area (Å²) in [7, 11) is 1.73. The molecular formula is C14H20FNO2. The van der Waals surface area contributed by atoms with E-state index in [0.717, 1.165) is 31.5 Å². The van der Waals surface area contributed by atoms with E-state index in [1.807, 2.05) is 6.92 Å². The zero-order valence-corrected chi connectivity index (χ0v) is 10.9. The first kappa shape index (κ1) is 13.3. The van der Waals surface area contributed by atoms with Gasteiger partial charge in [-0.3, -0.25) is 4.90 Å². The fourth-order valence-electron chi connectivity index (χ4n) is 2.58. The highest BCUT2D eigenvalue weighted by molar-refractivity contribution is 5.35. The topological polar surface area (TPSA) is 32.7 Å². The van der Waals surface area contributed by atoms with Crippen LogP contribution in [0.3, 0.4) is 0 Å². The van der Waals surface area contributed by atoms with Crippen molar-refractivity contribution in [2.24, 2.45) is 0 Å². The molecule has 3 nitrogen and oxygen atoms in total. The van der Waals surface area contributed by atoms with Crippen molar-refractivity contribution in [3.05, 3.63) is 29.6 Å². The minimum Gasteiger partial charge on any atom is -0.508 e. The lowest BCUT2D eigenvalue weighted by molar-refractivity contribution is 0.0167. The summed E-state index contributed by atoms with van der Waals surface area (Å²) in [4.78, 5) is 2.27. The van der Waals surface area contributed by atoms with E-state index in [-0.39, 0.29) is 17.9 Å². The summed E-state index contributed by atoms with van der Waals surface area (Å²) in [5.41, 5.74) is 0.771. The largest absolute Gasteiger partial charge is 0.508 e. The van der Waals surface area contributed by atoms with Crippen molar-refractivity contribution in [1.29, 1.82) is 0 Å². The van der Waals surface area contributed by atoms with Gasteiger partial charge in [0.05, 0.1) is 6.10 Å². The van der Waals surface area contributed by atoms with Crippen molar-refractivity contribution < 1.29 is 14.2 Å². The van der Waals surface area contributed by atoms with Gasteiger partial charge in [-0.2, -0.15) is 0 Å². The number of rotatable bonds is 3. The predicted octanol–water partition coefficient (Wildman–Crippen LogP) is 2.70. The van der Waals surface area contributed by atoms with E-state index >= 15 is 0 Å². The number of methoxy groups -OCH3 is 1. The van der Waals surface area contributed by atoms with E-state index in [0.29, 0.717) is 0 Å². The average Bonchev–Trinajstić information content (AvgIpc) is 2.38. The zero-order chi connectivity index (χ0) is 13.1. The number of phenols is 1. The van der Waals surface area contributed by atoms with Crippen LogP contribution in [0.1, 0.15) is 31.4 Å². The first-order chi connectivity index (χ1) is 8.61. The molecule has 4 heteroatoms. The second-order valence-corrected chi connectivity index (χ2v) is 4.87. The molecule has 2 atom stereocenters. The van der Waals surface area contributed by atoms with Gasteiger partial charge in [0.15, 0.2) is 0 Å². The van der Waals surface area contributed by atoms with E-state index in [1.165, 1.54) is 12.1 Å². The van der Waals surface area contributed by atoms with E-state index in [9.17, 15) is 9.50 Å². The fraction of sp³-hybridized carbons (Fsp3) is 0.571. The summed E-state index contributed by atoms with van der Waals surface area (Å²) >= 11 is 0. The lowest BCUT2D eigenvalue weighted by atomic mass is 10.0. The van der Waals surface area contributed by atoms with E-state index in [1.54, 1.807) is 13.2 Å². The van der Waals surface area contributed by atoms with Crippen molar-refractivity contribution >= 4 is 0 Å². The first-order valence-corrected chi connectivity index (χ1v) is 6.37. The molecule has 0 spiro atoms. The third-order valence-electron chi connectivity index (χ3n) is 3.73. The standard InChI is InChI=1S/C14H20FNO2/c1-10(13-6-5-11(15)8-14(13)17)16-7-3-4-12(9-16)18-2/h5-6,8,10,12,17H,3-4,7,9H2,1-2H3. The molecule has 1 aliphatic heterocycles. The lowest BCUT2D eigenvalue weighted by Gasteiger charge is -2.36. The molecule has 0 aliphatic carbocycles. The first-order valence-electron chi connectivity index (χ1n) is 6.37. The number of likely N-dealkylation sites (tertiary alicyclic amines) is 1. The van der Waals surface area contributed by atoms with Crippen molar-refractivity contribution in [2.75, 3.05) is 20.2 Å². The maximum atomic E-state index is 13.0. The smallest absolute Gasteiger partial charge is 0.126 e. The Kier molecular flexibility index (Phi) is 4.19. The highest BCUT2D eigenvalue weighted by Crippen LogP contribution is 2.31. The normalized spacial score (nSPS) is 22.9. The van der Waals surface area contributed by atoms with Gasteiger partial charge in [0, 0.05) is 31.3 Å². The number of piperidine rings is 1. The fourth-order valence-corrected chi connectivity index (χ4v) is 2.58. The molecule has 0 radical (unpaired) electrons. The van der Waals surface area contributed by atoms with Crippen LogP contribution in [0.25, 0.3) is 0 Å². The second-order valence-electron chi connectivity index (χ2n) is 4.87. The Hall–Kier alpha value is -1.13. The summed E-state index contributed by atoms with van der Waals surface area (Å²) in [5, 5.41) is 9.82. The Morgan fingerprint density at radius 3 is 2.94 bits per heavy atom. The number of benzene rings is 1. The second kappa shape index (κ2) is 5.67. The molecule has 1 N–H and O–H groups in total. The minimum atomic E-state index is -0.406. The average molecular weight is 253 g/mol. The maximum Gasteiger partial charge on any atom is 0.126 e. The van der Waals surface area contributed by atoms with Gasteiger partial charge in [0.2, 0.25) is 0 Å².